The van der Waals surface area contributed by atoms with Gasteiger partial charge >= 0.3 is 12.4 Å². The molecule has 0 bridgehead atoms. The first-order chi connectivity index (χ1) is 15.0. The maximum Gasteiger partial charge on any atom is 0.422 e. The minimum absolute atomic E-state index is 0.00865. The predicted molar refractivity (Wildman–Crippen MR) is 98.3 cm³/mol. The molecule has 0 radical (unpaired) electrons. The molecule has 8 nitrogen and oxygen atoms in total. The smallest absolute Gasteiger partial charge is 0.422 e. The fourth-order valence-corrected chi connectivity index (χ4v) is 2.24. The Morgan fingerprint density at radius 3 is 2.41 bits per heavy atom. The van der Waals surface area contributed by atoms with Crippen LogP contribution in [0.15, 0.2) is 49.1 Å². The summed E-state index contributed by atoms with van der Waals surface area (Å²) in [4.78, 5) is 27.5. The number of halogens is 6. The number of hydrogen-bond acceptors (Lipinski definition) is 7. The van der Waals surface area contributed by atoms with Gasteiger partial charge in [-0.05, 0) is 18.2 Å². The molecular formula is C18H12F6N6O2. The van der Waals surface area contributed by atoms with E-state index in [4.69, 9.17) is 0 Å². The first-order valence-corrected chi connectivity index (χ1v) is 8.59. The van der Waals surface area contributed by atoms with Crippen LogP contribution in [0.2, 0.25) is 0 Å². The molecule has 2 N–H and O–H groups in total. The molecule has 0 aliphatic rings. The fraction of sp³-hybridized carbons (Fsp3) is 0.167. The van der Waals surface area contributed by atoms with E-state index >= 15 is 0 Å². The van der Waals surface area contributed by atoms with E-state index in [1.807, 2.05) is 0 Å². The SMILES string of the molecule is O=C(Nc1cnccc1OCC(F)(F)F)c1ccnc(Nc2ccc(C(F)(F)F)cn2)n1. The molecule has 1 amide bonds. The van der Waals surface area contributed by atoms with Gasteiger partial charge in [-0.15, -0.1) is 0 Å². The van der Waals surface area contributed by atoms with Crippen LogP contribution in [0, 0.1) is 0 Å². The van der Waals surface area contributed by atoms with Gasteiger partial charge in [0, 0.05) is 24.7 Å². The third kappa shape index (κ3) is 6.26. The Bertz CT molecular complexity index is 1090. The number of amides is 1. The van der Waals surface area contributed by atoms with E-state index in [-0.39, 0.29) is 28.9 Å². The van der Waals surface area contributed by atoms with Crippen molar-refractivity contribution in [3.63, 3.8) is 0 Å². The van der Waals surface area contributed by atoms with Crippen LogP contribution < -0.4 is 15.4 Å². The maximum atomic E-state index is 12.6. The van der Waals surface area contributed by atoms with Crippen LogP contribution in [0.1, 0.15) is 16.1 Å². The average molecular weight is 458 g/mol. The average Bonchev–Trinajstić information content (AvgIpc) is 2.72. The molecular weight excluding hydrogens is 446 g/mol. The number of aromatic nitrogens is 4. The monoisotopic (exact) mass is 458 g/mol. The normalized spacial score (nSPS) is 11.7. The fourth-order valence-electron chi connectivity index (χ4n) is 2.24. The van der Waals surface area contributed by atoms with E-state index in [9.17, 15) is 31.1 Å². The summed E-state index contributed by atoms with van der Waals surface area (Å²) in [5.74, 6) is -1.23. The molecule has 32 heavy (non-hydrogen) atoms. The number of carbonyl (C=O) groups is 1. The molecule has 0 aliphatic carbocycles. The molecule has 0 atom stereocenters. The van der Waals surface area contributed by atoms with Crippen molar-refractivity contribution in [1.29, 1.82) is 0 Å². The zero-order valence-corrected chi connectivity index (χ0v) is 15.7. The lowest BCUT2D eigenvalue weighted by molar-refractivity contribution is -0.153. The molecule has 0 aromatic carbocycles. The number of nitrogens with zero attached hydrogens (tertiary/aromatic N) is 4. The van der Waals surface area contributed by atoms with Crippen LogP contribution >= 0.6 is 0 Å². The number of hydrogen-bond donors (Lipinski definition) is 2. The van der Waals surface area contributed by atoms with Crippen LogP contribution in [0.3, 0.4) is 0 Å². The highest BCUT2D eigenvalue weighted by Crippen LogP contribution is 2.29. The number of nitrogens with one attached hydrogen (secondary N) is 2. The highest BCUT2D eigenvalue weighted by atomic mass is 19.4. The molecule has 0 unspecified atom stereocenters. The Morgan fingerprint density at radius 2 is 1.75 bits per heavy atom. The third-order valence-corrected chi connectivity index (χ3v) is 3.64. The van der Waals surface area contributed by atoms with E-state index in [2.05, 4.69) is 35.3 Å². The van der Waals surface area contributed by atoms with Crippen LogP contribution in [0.25, 0.3) is 0 Å². The largest absolute Gasteiger partial charge is 0.482 e. The van der Waals surface area contributed by atoms with Crippen LogP contribution in [0.5, 0.6) is 5.75 Å². The van der Waals surface area contributed by atoms with Gasteiger partial charge in [0.15, 0.2) is 6.61 Å². The molecule has 14 heteroatoms. The molecule has 3 rings (SSSR count). The highest BCUT2D eigenvalue weighted by Gasteiger charge is 2.31. The lowest BCUT2D eigenvalue weighted by atomic mass is 10.3. The van der Waals surface area contributed by atoms with Gasteiger partial charge in [0.05, 0.1) is 11.8 Å². The number of carbonyl (C=O) groups excluding carboxylic acids is 1. The number of pyridine rings is 2. The summed E-state index contributed by atoms with van der Waals surface area (Å²) < 4.78 is 79.6. The third-order valence-electron chi connectivity index (χ3n) is 3.64. The number of ether oxygens (including phenoxy) is 1. The van der Waals surface area contributed by atoms with Crippen molar-refractivity contribution in [2.24, 2.45) is 0 Å². The quantitative estimate of drug-likeness (QED) is 0.534. The predicted octanol–water partition coefficient (Wildman–Crippen LogP) is 4.22. The van der Waals surface area contributed by atoms with Gasteiger partial charge in [0.1, 0.15) is 22.9 Å². The summed E-state index contributed by atoms with van der Waals surface area (Å²) in [5, 5.41) is 4.87. The molecule has 0 fully saturated rings. The first kappa shape index (κ1) is 22.7. The van der Waals surface area contributed by atoms with E-state index < -0.39 is 30.4 Å². The van der Waals surface area contributed by atoms with Crippen molar-refractivity contribution >= 4 is 23.4 Å². The standard InChI is InChI=1S/C18H12F6N6O2/c19-17(20,21)9-32-13-4-5-25-8-12(13)28-15(31)11-3-6-26-16(29-11)30-14-2-1-10(7-27-14)18(22,23)24/h1-8H,9H2,(H,28,31)(H,26,27,29,30). The van der Waals surface area contributed by atoms with Crippen molar-refractivity contribution in [2.45, 2.75) is 12.4 Å². The van der Waals surface area contributed by atoms with Gasteiger partial charge < -0.3 is 15.4 Å². The maximum absolute atomic E-state index is 12.6. The second-order valence-electron chi connectivity index (χ2n) is 6.05. The van der Waals surface area contributed by atoms with E-state index in [0.717, 1.165) is 24.4 Å². The zero-order chi connectivity index (χ0) is 23.4. The van der Waals surface area contributed by atoms with Crippen molar-refractivity contribution in [2.75, 3.05) is 17.2 Å². The van der Waals surface area contributed by atoms with Gasteiger partial charge in [-0.2, -0.15) is 26.3 Å². The number of anilines is 3. The molecule has 0 spiro atoms. The molecule has 0 saturated heterocycles. The van der Waals surface area contributed by atoms with Crippen LogP contribution in [-0.2, 0) is 6.18 Å². The minimum atomic E-state index is -4.58. The molecule has 3 heterocycles. The lowest BCUT2D eigenvalue weighted by Gasteiger charge is -2.13. The summed E-state index contributed by atoms with van der Waals surface area (Å²) >= 11 is 0. The lowest BCUT2D eigenvalue weighted by Crippen LogP contribution is -2.21. The van der Waals surface area contributed by atoms with E-state index in [1.54, 1.807) is 0 Å². The molecule has 3 aromatic heterocycles. The highest BCUT2D eigenvalue weighted by molar-refractivity contribution is 6.03. The van der Waals surface area contributed by atoms with Gasteiger partial charge in [0.25, 0.3) is 5.91 Å². The second-order valence-corrected chi connectivity index (χ2v) is 6.05. The Morgan fingerprint density at radius 1 is 0.969 bits per heavy atom. The second kappa shape index (κ2) is 9.03. The van der Waals surface area contributed by atoms with Gasteiger partial charge in [-0.3, -0.25) is 9.78 Å². The Balaban J connectivity index is 1.71. The summed E-state index contributed by atoms with van der Waals surface area (Å²) in [6.45, 7) is -1.57. The summed E-state index contributed by atoms with van der Waals surface area (Å²) in [5.41, 5.74) is -1.27. The first-order valence-electron chi connectivity index (χ1n) is 8.59. The Kier molecular flexibility index (Phi) is 6.41. The summed E-state index contributed by atoms with van der Waals surface area (Å²) in [6, 6.07) is 4.22. The Hall–Kier alpha value is -3.97. The summed E-state index contributed by atoms with van der Waals surface area (Å²) in [7, 11) is 0. The van der Waals surface area contributed by atoms with Gasteiger partial charge in [0.2, 0.25) is 5.95 Å². The molecule has 168 valence electrons. The molecule has 0 aliphatic heterocycles. The van der Waals surface area contributed by atoms with Gasteiger partial charge in [-0.1, -0.05) is 0 Å². The number of rotatable bonds is 6. The van der Waals surface area contributed by atoms with Crippen LogP contribution in [-0.4, -0.2) is 38.6 Å². The van der Waals surface area contributed by atoms with E-state index in [1.165, 1.54) is 18.5 Å². The van der Waals surface area contributed by atoms with Crippen molar-refractivity contribution in [3.8, 4) is 5.75 Å². The van der Waals surface area contributed by atoms with E-state index in [0.29, 0.717) is 6.20 Å². The zero-order valence-electron chi connectivity index (χ0n) is 15.7. The van der Waals surface area contributed by atoms with Crippen LogP contribution in [0.4, 0.5) is 43.8 Å². The van der Waals surface area contributed by atoms with Crippen molar-refractivity contribution in [3.05, 3.63) is 60.3 Å². The Labute approximate surface area is 175 Å². The van der Waals surface area contributed by atoms with Crippen molar-refractivity contribution in [1.82, 2.24) is 19.9 Å². The minimum Gasteiger partial charge on any atom is -0.482 e. The van der Waals surface area contributed by atoms with Crippen molar-refractivity contribution < 1.29 is 35.9 Å². The number of alkyl halides is 6. The van der Waals surface area contributed by atoms with Gasteiger partial charge in [-0.25, -0.2) is 15.0 Å². The molecule has 3 aromatic rings. The summed E-state index contributed by atoms with van der Waals surface area (Å²) in [6.07, 6.45) is -5.04. The topological polar surface area (TPSA) is 102 Å². The molecule has 0 saturated carbocycles.